The second-order valence-electron chi connectivity index (χ2n) is 8.17. The molecule has 8 nitrogen and oxygen atoms in total. The predicted octanol–water partition coefficient (Wildman–Crippen LogP) is 3.86. The van der Waals surface area contributed by atoms with E-state index in [2.05, 4.69) is 25.3 Å². The fraction of sp³-hybridized carbons (Fsp3) is 0.292. The van der Waals surface area contributed by atoms with Crippen LogP contribution in [0.15, 0.2) is 42.5 Å². The van der Waals surface area contributed by atoms with Crippen LogP contribution < -0.4 is 15.8 Å². The van der Waals surface area contributed by atoms with Gasteiger partial charge >= 0.3 is 0 Å². The Morgan fingerprint density at radius 1 is 1.06 bits per heavy atom. The van der Waals surface area contributed by atoms with E-state index in [1.54, 1.807) is 31.4 Å². The first-order valence-corrected chi connectivity index (χ1v) is 11.2. The van der Waals surface area contributed by atoms with Crippen molar-refractivity contribution in [3.05, 3.63) is 54.1 Å². The van der Waals surface area contributed by atoms with Gasteiger partial charge in [-0.3, -0.25) is 0 Å². The molecule has 0 radical (unpaired) electrons. The first-order valence-electron chi connectivity index (χ1n) is 11.2. The van der Waals surface area contributed by atoms with Gasteiger partial charge in [0.25, 0.3) is 0 Å². The summed E-state index contributed by atoms with van der Waals surface area (Å²) in [5.74, 6) is -0.769. The molecule has 176 valence electrons. The predicted molar refractivity (Wildman–Crippen MR) is 127 cm³/mol. The van der Waals surface area contributed by atoms with Gasteiger partial charge in [0.1, 0.15) is 11.6 Å². The number of likely N-dealkylation sites (tertiary alicyclic amines) is 1. The second kappa shape index (κ2) is 9.22. The maximum atomic E-state index is 14.8. The molecule has 3 N–H and O–H groups in total. The molecule has 1 fully saturated rings. The van der Waals surface area contributed by atoms with E-state index in [4.69, 9.17) is 10.5 Å². The molecule has 0 saturated carbocycles. The molecule has 0 unspecified atom stereocenters. The number of anilines is 2. The Bertz CT molecular complexity index is 1320. The zero-order chi connectivity index (χ0) is 23.7. The van der Waals surface area contributed by atoms with E-state index < -0.39 is 11.6 Å². The van der Waals surface area contributed by atoms with Crippen LogP contribution in [0.3, 0.4) is 0 Å². The normalized spacial score (nSPS) is 14.1. The van der Waals surface area contributed by atoms with Crippen LogP contribution in [0.1, 0.15) is 12.8 Å². The van der Waals surface area contributed by atoms with Crippen molar-refractivity contribution >= 4 is 22.8 Å². The van der Waals surface area contributed by atoms with Gasteiger partial charge in [-0.15, -0.1) is 5.10 Å². The number of rotatable bonds is 7. The van der Waals surface area contributed by atoms with E-state index in [1.807, 2.05) is 0 Å². The van der Waals surface area contributed by atoms with Gasteiger partial charge in [0, 0.05) is 18.7 Å². The molecular weight excluding hydrogens is 440 g/mol. The van der Waals surface area contributed by atoms with Gasteiger partial charge in [-0.1, -0.05) is 6.07 Å². The second-order valence-corrected chi connectivity index (χ2v) is 8.17. The summed E-state index contributed by atoms with van der Waals surface area (Å²) in [6.45, 7) is 3.60. The molecular formula is C24H25F2N7O. The van der Waals surface area contributed by atoms with Gasteiger partial charge in [0.2, 0.25) is 5.95 Å². The standard InChI is InChI=1S/C24H25F2N7O/c1-34-16-9-7-15(8-10-16)33-22(27)19-21(17-5-4-6-18(25)20(17)26)29-24(30-23(19)31-33)28-11-14-32-12-2-3-13-32/h4-10H,2-3,11-14,27H2,1H3,(H,28,30,31). The Hall–Kier alpha value is -3.79. The van der Waals surface area contributed by atoms with Crippen molar-refractivity contribution in [1.82, 2.24) is 24.6 Å². The minimum absolute atomic E-state index is 0.00373. The molecule has 1 aliphatic heterocycles. The van der Waals surface area contributed by atoms with Crippen molar-refractivity contribution in [3.8, 4) is 22.7 Å². The van der Waals surface area contributed by atoms with Crippen molar-refractivity contribution in [2.45, 2.75) is 12.8 Å². The van der Waals surface area contributed by atoms with E-state index in [1.165, 1.54) is 29.7 Å². The monoisotopic (exact) mass is 465 g/mol. The number of nitrogens with zero attached hydrogens (tertiary/aromatic N) is 5. The summed E-state index contributed by atoms with van der Waals surface area (Å²) in [5, 5.41) is 8.11. The highest BCUT2D eigenvalue weighted by Gasteiger charge is 2.22. The third-order valence-corrected chi connectivity index (χ3v) is 6.00. The Kier molecular flexibility index (Phi) is 5.97. The van der Waals surface area contributed by atoms with E-state index >= 15 is 0 Å². The minimum Gasteiger partial charge on any atom is -0.497 e. The lowest BCUT2D eigenvalue weighted by atomic mass is 10.1. The largest absolute Gasteiger partial charge is 0.497 e. The third kappa shape index (κ3) is 4.12. The zero-order valence-corrected chi connectivity index (χ0v) is 18.8. The van der Waals surface area contributed by atoms with Crippen molar-refractivity contribution in [3.63, 3.8) is 0 Å². The minimum atomic E-state index is -0.998. The fourth-order valence-corrected chi connectivity index (χ4v) is 4.22. The first kappa shape index (κ1) is 22.0. The number of fused-ring (bicyclic) bond motifs is 1. The fourth-order valence-electron chi connectivity index (χ4n) is 4.22. The maximum Gasteiger partial charge on any atom is 0.225 e. The molecule has 1 aliphatic rings. The summed E-state index contributed by atoms with van der Waals surface area (Å²) < 4.78 is 35.6. The molecule has 0 spiro atoms. The lowest BCUT2D eigenvalue weighted by molar-refractivity contribution is 0.352. The molecule has 1 saturated heterocycles. The summed E-state index contributed by atoms with van der Waals surface area (Å²) in [6, 6.07) is 11.1. The van der Waals surface area contributed by atoms with Crippen molar-refractivity contribution in [2.75, 3.05) is 44.3 Å². The number of benzene rings is 2. The molecule has 0 amide bonds. The first-order chi connectivity index (χ1) is 16.5. The maximum absolute atomic E-state index is 14.8. The lowest BCUT2D eigenvalue weighted by Crippen LogP contribution is -2.26. The molecule has 0 atom stereocenters. The molecule has 4 aromatic rings. The Labute approximate surface area is 195 Å². The molecule has 10 heteroatoms. The molecule has 0 aliphatic carbocycles. The van der Waals surface area contributed by atoms with Gasteiger partial charge in [0.15, 0.2) is 17.3 Å². The summed E-state index contributed by atoms with van der Waals surface area (Å²) in [4.78, 5) is 11.4. The zero-order valence-electron chi connectivity index (χ0n) is 18.8. The topological polar surface area (TPSA) is 94.1 Å². The number of hydrogen-bond donors (Lipinski definition) is 2. The van der Waals surface area contributed by atoms with E-state index in [0.717, 1.165) is 25.7 Å². The number of methoxy groups -OCH3 is 1. The van der Waals surface area contributed by atoms with Crippen LogP contribution in [0.2, 0.25) is 0 Å². The van der Waals surface area contributed by atoms with Crippen LogP contribution in [0, 0.1) is 11.6 Å². The van der Waals surface area contributed by atoms with Gasteiger partial charge in [-0.25, -0.2) is 18.4 Å². The molecule has 2 aromatic heterocycles. The smallest absolute Gasteiger partial charge is 0.225 e. The number of halogens is 2. The molecule has 3 heterocycles. The highest BCUT2D eigenvalue weighted by atomic mass is 19.2. The number of nitrogens with one attached hydrogen (secondary N) is 1. The molecule has 5 rings (SSSR count). The molecule has 0 bridgehead atoms. The third-order valence-electron chi connectivity index (χ3n) is 6.00. The van der Waals surface area contributed by atoms with Gasteiger partial charge in [0.05, 0.1) is 23.9 Å². The van der Waals surface area contributed by atoms with Crippen LogP contribution in [0.4, 0.5) is 20.5 Å². The number of hydrogen-bond acceptors (Lipinski definition) is 7. The number of ether oxygens (including phenoxy) is 1. The summed E-state index contributed by atoms with van der Waals surface area (Å²) in [5.41, 5.74) is 7.58. The molecule has 2 aromatic carbocycles. The van der Waals surface area contributed by atoms with E-state index in [-0.39, 0.29) is 28.7 Å². The van der Waals surface area contributed by atoms with Crippen LogP contribution in [-0.4, -0.2) is 57.9 Å². The summed E-state index contributed by atoms with van der Waals surface area (Å²) in [7, 11) is 1.58. The van der Waals surface area contributed by atoms with Gasteiger partial charge < -0.3 is 20.7 Å². The SMILES string of the molecule is COc1ccc(-n2nc3nc(NCCN4CCCC4)nc(-c4cccc(F)c4F)c3c2N)cc1. The Morgan fingerprint density at radius 2 is 1.82 bits per heavy atom. The Morgan fingerprint density at radius 3 is 2.56 bits per heavy atom. The van der Waals surface area contributed by atoms with Crippen LogP contribution >= 0.6 is 0 Å². The van der Waals surface area contributed by atoms with Gasteiger partial charge in [-0.05, 0) is 62.3 Å². The van der Waals surface area contributed by atoms with Crippen LogP contribution in [0.5, 0.6) is 5.75 Å². The number of aromatic nitrogens is 4. The average Bonchev–Trinajstić information content (AvgIpc) is 3.48. The van der Waals surface area contributed by atoms with Crippen molar-refractivity contribution in [2.24, 2.45) is 0 Å². The average molecular weight is 466 g/mol. The highest BCUT2D eigenvalue weighted by molar-refractivity contribution is 5.99. The quantitative estimate of drug-likeness (QED) is 0.428. The van der Waals surface area contributed by atoms with Crippen LogP contribution in [-0.2, 0) is 0 Å². The number of nitrogen functional groups attached to an aromatic ring is 1. The molecule has 34 heavy (non-hydrogen) atoms. The van der Waals surface area contributed by atoms with E-state index in [9.17, 15) is 8.78 Å². The van der Waals surface area contributed by atoms with E-state index in [0.29, 0.717) is 23.4 Å². The summed E-state index contributed by atoms with van der Waals surface area (Å²) >= 11 is 0. The Balaban J connectivity index is 1.59. The highest BCUT2D eigenvalue weighted by Crippen LogP contribution is 2.34. The summed E-state index contributed by atoms with van der Waals surface area (Å²) in [6.07, 6.45) is 2.40. The van der Waals surface area contributed by atoms with Crippen LogP contribution in [0.25, 0.3) is 28.0 Å². The lowest BCUT2D eigenvalue weighted by Gasteiger charge is -2.15. The van der Waals surface area contributed by atoms with Crippen molar-refractivity contribution < 1.29 is 13.5 Å². The van der Waals surface area contributed by atoms with Crippen molar-refractivity contribution in [1.29, 1.82) is 0 Å². The van der Waals surface area contributed by atoms with Gasteiger partial charge in [-0.2, -0.15) is 4.98 Å². The number of nitrogens with two attached hydrogens (primary N) is 1.